The second-order valence-electron chi connectivity index (χ2n) is 6.28. The Morgan fingerprint density at radius 1 is 1.12 bits per heavy atom. The van der Waals surface area contributed by atoms with Gasteiger partial charge < -0.3 is 20.0 Å². The average Bonchev–Trinajstić information content (AvgIpc) is 3.12. The molecule has 0 atom stereocenters. The summed E-state index contributed by atoms with van der Waals surface area (Å²) in [5.41, 5.74) is 8.20. The molecule has 3 rings (SSSR count). The highest BCUT2D eigenvalue weighted by Gasteiger charge is 2.25. The number of hydrogen-bond acceptors (Lipinski definition) is 4. The van der Waals surface area contributed by atoms with Gasteiger partial charge in [0.05, 0.1) is 18.5 Å². The monoisotopic (exact) mass is 341 g/mol. The molecule has 0 unspecified atom stereocenters. The van der Waals surface area contributed by atoms with Crippen LogP contribution in [0, 0.1) is 6.92 Å². The first-order valence-electron chi connectivity index (χ1n) is 8.47. The van der Waals surface area contributed by atoms with Crippen LogP contribution in [0.3, 0.4) is 0 Å². The Labute approximate surface area is 147 Å². The molecule has 2 N–H and O–H groups in total. The third-order valence-corrected chi connectivity index (χ3v) is 4.62. The van der Waals surface area contributed by atoms with Crippen LogP contribution in [0.1, 0.15) is 27.2 Å². The smallest absolute Gasteiger partial charge is 0.257 e. The molecule has 1 aromatic carbocycles. The van der Waals surface area contributed by atoms with Crippen molar-refractivity contribution in [3.63, 3.8) is 0 Å². The van der Waals surface area contributed by atoms with Gasteiger partial charge in [-0.15, -0.1) is 0 Å². The van der Waals surface area contributed by atoms with E-state index < -0.39 is 0 Å². The van der Waals surface area contributed by atoms with Gasteiger partial charge in [-0.25, -0.2) is 0 Å². The van der Waals surface area contributed by atoms with Gasteiger partial charge in [-0.05, 0) is 24.1 Å². The van der Waals surface area contributed by atoms with Gasteiger partial charge in [-0.3, -0.25) is 9.59 Å². The van der Waals surface area contributed by atoms with E-state index in [-0.39, 0.29) is 18.4 Å². The zero-order valence-electron chi connectivity index (χ0n) is 14.4. The molecule has 1 fully saturated rings. The van der Waals surface area contributed by atoms with Crippen molar-refractivity contribution in [2.75, 3.05) is 26.2 Å². The van der Waals surface area contributed by atoms with Crippen LogP contribution in [-0.4, -0.2) is 47.8 Å². The van der Waals surface area contributed by atoms with Crippen LogP contribution in [0.2, 0.25) is 0 Å². The summed E-state index contributed by atoms with van der Waals surface area (Å²) in [7, 11) is 0. The molecule has 1 aromatic heterocycles. The van der Waals surface area contributed by atoms with E-state index in [1.807, 2.05) is 36.1 Å². The Morgan fingerprint density at radius 3 is 2.44 bits per heavy atom. The highest BCUT2D eigenvalue weighted by Crippen LogP contribution is 2.14. The van der Waals surface area contributed by atoms with Crippen LogP contribution in [0.15, 0.2) is 41.0 Å². The summed E-state index contributed by atoms with van der Waals surface area (Å²) < 4.78 is 5.23. The first-order chi connectivity index (χ1) is 12.1. The predicted octanol–water partition coefficient (Wildman–Crippen LogP) is 1.57. The summed E-state index contributed by atoms with van der Waals surface area (Å²) in [5, 5.41) is 0. The van der Waals surface area contributed by atoms with Gasteiger partial charge in [0, 0.05) is 26.2 Å². The Balaban J connectivity index is 1.55. The van der Waals surface area contributed by atoms with Gasteiger partial charge in [0.1, 0.15) is 12.0 Å². The van der Waals surface area contributed by atoms with Crippen LogP contribution < -0.4 is 5.73 Å². The van der Waals surface area contributed by atoms with E-state index in [1.165, 1.54) is 6.26 Å². The SMILES string of the molecule is Cc1ccccc1CC(=O)N1CCN(C(=O)c2coc(CN)c2)CC1. The number of carbonyl (C=O) groups is 2. The second kappa shape index (κ2) is 7.53. The lowest BCUT2D eigenvalue weighted by molar-refractivity contribution is -0.131. The van der Waals surface area contributed by atoms with Crippen molar-refractivity contribution in [1.29, 1.82) is 0 Å². The maximum absolute atomic E-state index is 12.5. The molecule has 0 aliphatic carbocycles. The Bertz CT molecular complexity index is 761. The lowest BCUT2D eigenvalue weighted by Gasteiger charge is -2.34. The van der Waals surface area contributed by atoms with Gasteiger partial charge in [-0.2, -0.15) is 0 Å². The number of nitrogens with two attached hydrogens (primary N) is 1. The number of piperazine rings is 1. The minimum atomic E-state index is -0.0746. The van der Waals surface area contributed by atoms with E-state index in [4.69, 9.17) is 10.2 Å². The van der Waals surface area contributed by atoms with Crippen LogP contribution in [-0.2, 0) is 17.8 Å². The maximum Gasteiger partial charge on any atom is 0.257 e. The normalized spacial score (nSPS) is 14.6. The number of nitrogens with zero attached hydrogens (tertiary/aromatic N) is 2. The van der Waals surface area contributed by atoms with E-state index in [2.05, 4.69) is 0 Å². The molecule has 6 heteroatoms. The van der Waals surface area contributed by atoms with Crippen molar-refractivity contribution in [2.24, 2.45) is 5.73 Å². The Morgan fingerprint density at radius 2 is 1.80 bits per heavy atom. The van der Waals surface area contributed by atoms with Crippen LogP contribution >= 0.6 is 0 Å². The predicted molar refractivity (Wildman–Crippen MR) is 94.0 cm³/mol. The number of aryl methyl sites for hydroxylation is 1. The summed E-state index contributed by atoms with van der Waals surface area (Å²) in [6.07, 6.45) is 1.85. The molecule has 0 spiro atoms. The van der Waals surface area contributed by atoms with Crippen molar-refractivity contribution >= 4 is 11.8 Å². The van der Waals surface area contributed by atoms with E-state index in [9.17, 15) is 9.59 Å². The quantitative estimate of drug-likeness (QED) is 0.915. The highest BCUT2D eigenvalue weighted by atomic mass is 16.3. The summed E-state index contributed by atoms with van der Waals surface area (Å²) in [5.74, 6) is 0.625. The number of hydrogen-bond donors (Lipinski definition) is 1. The zero-order chi connectivity index (χ0) is 17.8. The third-order valence-electron chi connectivity index (χ3n) is 4.62. The van der Waals surface area contributed by atoms with Crippen molar-refractivity contribution < 1.29 is 14.0 Å². The molecule has 6 nitrogen and oxygen atoms in total. The third kappa shape index (κ3) is 3.91. The minimum Gasteiger partial charge on any atom is -0.467 e. The molecular weight excluding hydrogens is 318 g/mol. The maximum atomic E-state index is 12.5. The molecule has 2 aromatic rings. The van der Waals surface area contributed by atoms with Crippen molar-refractivity contribution in [2.45, 2.75) is 19.9 Å². The molecule has 25 heavy (non-hydrogen) atoms. The van der Waals surface area contributed by atoms with Crippen molar-refractivity contribution in [3.05, 3.63) is 59.0 Å². The first-order valence-corrected chi connectivity index (χ1v) is 8.47. The molecule has 2 amide bonds. The van der Waals surface area contributed by atoms with Gasteiger partial charge in [0.2, 0.25) is 5.91 Å². The highest BCUT2D eigenvalue weighted by molar-refractivity contribution is 5.94. The average molecular weight is 341 g/mol. The number of amides is 2. The lowest BCUT2D eigenvalue weighted by atomic mass is 10.1. The summed E-state index contributed by atoms with van der Waals surface area (Å²) in [4.78, 5) is 28.5. The summed E-state index contributed by atoms with van der Waals surface area (Å²) >= 11 is 0. The second-order valence-corrected chi connectivity index (χ2v) is 6.28. The lowest BCUT2D eigenvalue weighted by Crippen LogP contribution is -2.51. The molecule has 0 saturated carbocycles. The van der Waals surface area contributed by atoms with Crippen LogP contribution in [0.25, 0.3) is 0 Å². The molecule has 0 radical (unpaired) electrons. The standard InChI is InChI=1S/C19H23N3O3/c1-14-4-2-3-5-15(14)11-18(23)21-6-8-22(9-7-21)19(24)16-10-17(12-20)25-13-16/h2-5,10,13H,6-9,11-12,20H2,1H3. The summed E-state index contributed by atoms with van der Waals surface area (Å²) in [6.45, 7) is 4.45. The van der Waals surface area contributed by atoms with Gasteiger partial charge in [0.25, 0.3) is 5.91 Å². The Kier molecular flexibility index (Phi) is 5.19. The van der Waals surface area contributed by atoms with Gasteiger partial charge >= 0.3 is 0 Å². The fourth-order valence-corrected chi connectivity index (χ4v) is 3.02. The fourth-order valence-electron chi connectivity index (χ4n) is 3.02. The van der Waals surface area contributed by atoms with E-state index in [0.717, 1.165) is 11.1 Å². The molecule has 132 valence electrons. The topological polar surface area (TPSA) is 79.8 Å². The zero-order valence-corrected chi connectivity index (χ0v) is 14.4. The number of furan rings is 1. The first kappa shape index (κ1) is 17.2. The van der Waals surface area contributed by atoms with Crippen molar-refractivity contribution in [3.8, 4) is 0 Å². The number of benzene rings is 1. The van der Waals surface area contributed by atoms with E-state index in [0.29, 0.717) is 43.9 Å². The van der Waals surface area contributed by atoms with Crippen molar-refractivity contribution in [1.82, 2.24) is 9.80 Å². The van der Waals surface area contributed by atoms with E-state index >= 15 is 0 Å². The molecular formula is C19H23N3O3. The molecule has 2 heterocycles. The molecule has 1 aliphatic heterocycles. The largest absolute Gasteiger partial charge is 0.467 e. The van der Waals surface area contributed by atoms with Crippen LogP contribution in [0.5, 0.6) is 0 Å². The number of carbonyl (C=O) groups excluding carboxylic acids is 2. The van der Waals surface area contributed by atoms with Gasteiger partial charge in [-0.1, -0.05) is 24.3 Å². The van der Waals surface area contributed by atoms with E-state index in [1.54, 1.807) is 11.0 Å². The molecule has 1 saturated heterocycles. The summed E-state index contributed by atoms with van der Waals surface area (Å²) in [6, 6.07) is 9.60. The fraction of sp³-hybridized carbons (Fsp3) is 0.368. The number of rotatable bonds is 4. The minimum absolute atomic E-state index is 0.0746. The molecule has 1 aliphatic rings. The Hall–Kier alpha value is -2.60. The van der Waals surface area contributed by atoms with Gasteiger partial charge in [0.15, 0.2) is 0 Å². The van der Waals surface area contributed by atoms with Crippen LogP contribution in [0.4, 0.5) is 0 Å². The molecule has 0 bridgehead atoms.